The Kier molecular flexibility index (Phi) is 6.31. The van der Waals surface area contributed by atoms with Crippen molar-refractivity contribution >= 4 is 23.2 Å². The molecule has 2 atom stereocenters. The summed E-state index contributed by atoms with van der Waals surface area (Å²) in [6.07, 6.45) is 5.07. The number of methoxy groups -OCH3 is 1. The maximum Gasteiger partial charge on any atom is 0.254 e. The van der Waals surface area contributed by atoms with Crippen molar-refractivity contribution in [2.24, 2.45) is 0 Å². The lowest BCUT2D eigenvalue weighted by Crippen LogP contribution is -2.50. The zero-order valence-electron chi connectivity index (χ0n) is 16.8. The van der Waals surface area contributed by atoms with Crippen LogP contribution in [0.5, 0.6) is 0 Å². The van der Waals surface area contributed by atoms with Crippen LogP contribution in [0.3, 0.4) is 0 Å². The van der Waals surface area contributed by atoms with E-state index in [1.807, 2.05) is 40.6 Å². The lowest BCUT2D eigenvalue weighted by molar-refractivity contribution is -0.124. The number of hydrogen-bond acceptors (Lipinski definition) is 4. The highest BCUT2D eigenvalue weighted by Crippen LogP contribution is 2.47. The van der Waals surface area contributed by atoms with Gasteiger partial charge in [-0.1, -0.05) is 37.1 Å². The predicted molar refractivity (Wildman–Crippen MR) is 114 cm³/mol. The average Bonchev–Trinajstić information content (AvgIpc) is 3.45. The van der Waals surface area contributed by atoms with Gasteiger partial charge in [-0.05, 0) is 42.3 Å². The van der Waals surface area contributed by atoms with Crippen molar-refractivity contribution in [1.82, 2.24) is 10.2 Å². The lowest BCUT2D eigenvalue weighted by atomic mass is 9.80. The molecule has 4 rings (SSSR count). The van der Waals surface area contributed by atoms with Gasteiger partial charge in [-0.15, -0.1) is 11.3 Å². The molecule has 1 fully saturated rings. The minimum atomic E-state index is -0.398. The van der Waals surface area contributed by atoms with E-state index in [1.54, 1.807) is 18.4 Å². The third-order valence-electron chi connectivity index (χ3n) is 6.04. The van der Waals surface area contributed by atoms with Gasteiger partial charge in [-0.3, -0.25) is 9.59 Å². The second-order valence-corrected chi connectivity index (χ2v) is 8.79. The van der Waals surface area contributed by atoms with Crippen molar-refractivity contribution in [3.05, 3.63) is 57.8 Å². The van der Waals surface area contributed by atoms with Crippen LogP contribution in [0.15, 0.2) is 41.8 Å². The van der Waals surface area contributed by atoms with Crippen molar-refractivity contribution in [2.45, 2.75) is 50.1 Å². The summed E-state index contributed by atoms with van der Waals surface area (Å²) in [7, 11) is 1.66. The first-order valence-corrected chi connectivity index (χ1v) is 11.3. The van der Waals surface area contributed by atoms with Crippen LogP contribution < -0.4 is 5.32 Å². The van der Waals surface area contributed by atoms with Gasteiger partial charge in [0.2, 0.25) is 5.91 Å². The summed E-state index contributed by atoms with van der Waals surface area (Å²) in [5, 5.41) is 5.12. The van der Waals surface area contributed by atoms with Crippen LogP contribution in [0.1, 0.15) is 64.9 Å². The first kappa shape index (κ1) is 20.1. The molecule has 5 nitrogen and oxygen atoms in total. The summed E-state index contributed by atoms with van der Waals surface area (Å²) in [6.45, 7) is 1.18. The van der Waals surface area contributed by atoms with Crippen molar-refractivity contribution < 1.29 is 14.3 Å². The van der Waals surface area contributed by atoms with Gasteiger partial charge in [0.15, 0.2) is 0 Å². The molecular weight excluding hydrogens is 384 g/mol. The number of hydrogen-bond donors (Lipinski definition) is 1. The van der Waals surface area contributed by atoms with E-state index >= 15 is 0 Å². The predicted octanol–water partition coefficient (Wildman–Crippen LogP) is 4.12. The number of ether oxygens (including phenoxy) is 1. The maximum absolute atomic E-state index is 13.6. The molecule has 0 spiro atoms. The van der Waals surface area contributed by atoms with E-state index in [0.29, 0.717) is 18.7 Å². The fourth-order valence-corrected chi connectivity index (χ4v) is 5.58. The van der Waals surface area contributed by atoms with Crippen LogP contribution in [0.4, 0.5) is 0 Å². The number of rotatable bonds is 7. The number of carbonyl (C=O) groups is 2. The zero-order valence-corrected chi connectivity index (χ0v) is 17.6. The normalized spacial score (nSPS) is 22.0. The van der Waals surface area contributed by atoms with E-state index in [-0.39, 0.29) is 23.9 Å². The second kappa shape index (κ2) is 9.09. The summed E-state index contributed by atoms with van der Waals surface area (Å²) < 4.78 is 5.10. The largest absolute Gasteiger partial charge is 0.385 e. The Morgan fingerprint density at radius 2 is 2.00 bits per heavy atom. The van der Waals surface area contributed by atoms with Gasteiger partial charge >= 0.3 is 0 Å². The quantitative estimate of drug-likeness (QED) is 0.696. The molecule has 0 saturated heterocycles. The molecule has 0 radical (unpaired) electrons. The van der Waals surface area contributed by atoms with Crippen LogP contribution in [0, 0.1) is 0 Å². The molecule has 6 heteroatoms. The van der Waals surface area contributed by atoms with Crippen molar-refractivity contribution in [1.29, 1.82) is 0 Å². The Morgan fingerprint density at radius 3 is 2.72 bits per heavy atom. The SMILES string of the molecule is COCCCNC(=O)[C@@H]1c2ccccc2C(=O)N(C2CCCC2)[C@H]1c1cccs1. The molecule has 2 amide bonds. The van der Waals surface area contributed by atoms with Crippen LogP contribution in [0.2, 0.25) is 0 Å². The zero-order chi connectivity index (χ0) is 20.2. The molecule has 154 valence electrons. The molecule has 2 aliphatic rings. The fraction of sp³-hybridized carbons (Fsp3) is 0.478. The molecule has 1 N–H and O–H groups in total. The van der Waals surface area contributed by atoms with Crippen LogP contribution in [-0.4, -0.2) is 43.0 Å². The number of carbonyl (C=O) groups excluding carboxylic acids is 2. The van der Waals surface area contributed by atoms with Gasteiger partial charge in [0, 0.05) is 36.7 Å². The molecule has 1 aliphatic carbocycles. The van der Waals surface area contributed by atoms with Gasteiger partial charge in [0.05, 0.1) is 12.0 Å². The van der Waals surface area contributed by atoms with Crippen molar-refractivity contribution in [3.8, 4) is 0 Å². The summed E-state index contributed by atoms with van der Waals surface area (Å²) in [6, 6.07) is 11.6. The number of amides is 2. The standard InChI is InChI=1S/C23H28N2O3S/c1-28-14-7-13-24-22(26)20-17-10-4-5-11-18(17)23(27)25(16-8-2-3-9-16)21(20)19-12-6-15-29-19/h4-6,10-12,15-16,20-21H,2-3,7-9,13-14H2,1H3,(H,24,26)/t20-,21+/m1/s1. The molecule has 0 bridgehead atoms. The van der Waals surface area contributed by atoms with Gasteiger partial charge in [-0.25, -0.2) is 0 Å². The monoisotopic (exact) mass is 412 g/mol. The summed E-state index contributed by atoms with van der Waals surface area (Å²) in [5.74, 6) is -0.345. The number of nitrogens with zero attached hydrogens (tertiary/aromatic N) is 1. The minimum Gasteiger partial charge on any atom is -0.385 e. The third-order valence-corrected chi connectivity index (χ3v) is 6.98. The molecular formula is C23H28N2O3S. The average molecular weight is 413 g/mol. The first-order chi connectivity index (χ1) is 14.2. The van der Waals surface area contributed by atoms with Gasteiger partial charge in [0.1, 0.15) is 0 Å². The Balaban J connectivity index is 1.74. The van der Waals surface area contributed by atoms with Crippen molar-refractivity contribution in [2.75, 3.05) is 20.3 Å². The Labute approximate surface area is 176 Å². The third kappa shape index (κ3) is 3.96. The summed E-state index contributed by atoms with van der Waals surface area (Å²) >= 11 is 1.63. The lowest BCUT2D eigenvalue weighted by Gasteiger charge is -2.44. The topological polar surface area (TPSA) is 58.6 Å². The van der Waals surface area contributed by atoms with E-state index in [0.717, 1.165) is 42.5 Å². The number of nitrogens with one attached hydrogen (secondary N) is 1. The fourth-order valence-electron chi connectivity index (χ4n) is 4.72. The maximum atomic E-state index is 13.6. The summed E-state index contributed by atoms with van der Waals surface area (Å²) in [4.78, 5) is 30.1. The molecule has 1 aromatic carbocycles. The Morgan fingerprint density at radius 1 is 1.21 bits per heavy atom. The van der Waals surface area contributed by atoms with Gasteiger partial charge in [-0.2, -0.15) is 0 Å². The Bertz CT molecular complexity index is 846. The van der Waals surface area contributed by atoms with E-state index in [2.05, 4.69) is 11.4 Å². The van der Waals surface area contributed by atoms with E-state index in [1.165, 1.54) is 0 Å². The number of fused-ring (bicyclic) bond motifs is 1. The molecule has 2 aromatic rings. The molecule has 1 aliphatic heterocycles. The smallest absolute Gasteiger partial charge is 0.254 e. The van der Waals surface area contributed by atoms with Gasteiger partial charge in [0.25, 0.3) is 5.91 Å². The highest BCUT2D eigenvalue weighted by molar-refractivity contribution is 7.10. The van der Waals surface area contributed by atoms with Crippen molar-refractivity contribution in [3.63, 3.8) is 0 Å². The van der Waals surface area contributed by atoms with E-state index in [4.69, 9.17) is 4.74 Å². The van der Waals surface area contributed by atoms with Crippen LogP contribution in [-0.2, 0) is 9.53 Å². The number of benzene rings is 1. The first-order valence-electron chi connectivity index (χ1n) is 10.4. The Hall–Kier alpha value is -2.18. The van der Waals surface area contributed by atoms with E-state index in [9.17, 15) is 9.59 Å². The van der Waals surface area contributed by atoms with Crippen LogP contribution in [0.25, 0.3) is 0 Å². The van der Waals surface area contributed by atoms with E-state index < -0.39 is 5.92 Å². The molecule has 1 saturated carbocycles. The highest BCUT2D eigenvalue weighted by Gasteiger charge is 2.47. The molecule has 1 aromatic heterocycles. The molecule has 2 heterocycles. The van der Waals surface area contributed by atoms with Crippen LogP contribution >= 0.6 is 11.3 Å². The number of thiophene rings is 1. The second-order valence-electron chi connectivity index (χ2n) is 7.81. The molecule has 0 unspecified atom stereocenters. The minimum absolute atomic E-state index is 0.0116. The van der Waals surface area contributed by atoms with Gasteiger partial charge < -0.3 is 15.0 Å². The molecule has 29 heavy (non-hydrogen) atoms. The highest BCUT2D eigenvalue weighted by atomic mass is 32.1. The summed E-state index contributed by atoms with van der Waals surface area (Å²) in [5.41, 5.74) is 1.51.